The standard InChI is InChI=1S/C16H25N3O/c1-11-6-7-15(12(2)8-11)18-10-13-4-3-5-14(9-13)16(17)19-20/h3-5,9,11-12,15,18,20H,6-8,10H2,1-2H3,(H2,17,19). The van der Waals surface area contributed by atoms with Crippen molar-refractivity contribution in [2.24, 2.45) is 22.7 Å². The fraction of sp³-hybridized carbons (Fsp3) is 0.562. The smallest absolute Gasteiger partial charge is 0.170 e. The zero-order valence-electron chi connectivity index (χ0n) is 12.3. The largest absolute Gasteiger partial charge is 0.409 e. The van der Waals surface area contributed by atoms with Crippen molar-refractivity contribution in [2.75, 3.05) is 0 Å². The molecule has 0 aliphatic heterocycles. The van der Waals surface area contributed by atoms with E-state index in [-0.39, 0.29) is 5.84 Å². The summed E-state index contributed by atoms with van der Waals surface area (Å²) in [5, 5.41) is 15.4. The van der Waals surface area contributed by atoms with Crippen LogP contribution >= 0.6 is 0 Å². The molecular formula is C16H25N3O. The minimum atomic E-state index is 0.159. The van der Waals surface area contributed by atoms with Gasteiger partial charge in [-0.15, -0.1) is 0 Å². The van der Waals surface area contributed by atoms with Crippen LogP contribution in [0.25, 0.3) is 0 Å². The summed E-state index contributed by atoms with van der Waals surface area (Å²) in [6.45, 7) is 5.50. The molecule has 0 spiro atoms. The van der Waals surface area contributed by atoms with E-state index in [0.717, 1.165) is 23.9 Å². The summed E-state index contributed by atoms with van der Waals surface area (Å²) in [7, 11) is 0. The van der Waals surface area contributed by atoms with E-state index in [0.29, 0.717) is 6.04 Å². The van der Waals surface area contributed by atoms with E-state index >= 15 is 0 Å². The quantitative estimate of drug-likeness (QED) is 0.342. The lowest BCUT2D eigenvalue weighted by molar-refractivity contribution is 0.227. The molecule has 4 nitrogen and oxygen atoms in total. The minimum absolute atomic E-state index is 0.159. The molecule has 0 saturated heterocycles. The zero-order chi connectivity index (χ0) is 14.5. The third kappa shape index (κ3) is 3.73. The molecule has 4 N–H and O–H groups in total. The lowest BCUT2D eigenvalue weighted by Gasteiger charge is -2.33. The molecule has 110 valence electrons. The molecule has 20 heavy (non-hydrogen) atoms. The molecule has 0 heterocycles. The number of nitrogens with zero attached hydrogens (tertiary/aromatic N) is 1. The normalized spacial score (nSPS) is 27.5. The van der Waals surface area contributed by atoms with Crippen LogP contribution < -0.4 is 11.1 Å². The monoisotopic (exact) mass is 275 g/mol. The first kappa shape index (κ1) is 14.9. The Morgan fingerprint density at radius 1 is 1.40 bits per heavy atom. The number of rotatable bonds is 4. The maximum Gasteiger partial charge on any atom is 0.170 e. The SMILES string of the molecule is CC1CCC(NCc2cccc(C(N)=NO)c2)C(C)C1. The highest BCUT2D eigenvalue weighted by Gasteiger charge is 2.24. The van der Waals surface area contributed by atoms with Gasteiger partial charge in [-0.25, -0.2) is 0 Å². The molecule has 1 saturated carbocycles. The highest BCUT2D eigenvalue weighted by atomic mass is 16.4. The van der Waals surface area contributed by atoms with Crippen LogP contribution in [0.1, 0.15) is 44.2 Å². The van der Waals surface area contributed by atoms with Gasteiger partial charge in [-0.05, 0) is 42.7 Å². The summed E-state index contributed by atoms with van der Waals surface area (Å²) in [4.78, 5) is 0. The van der Waals surface area contributed by atoms with Gasteiger partial charge in [0.05, 0.1) is 0 Å². The number of hydrogen-bond donors (Lipinski definition) is 3. The van der Waals surface area contributed by atoms with Crippen molar-refractivity contribution in [3.63, 3.8) is 0 Å². The van der Waals surface area contributed by atoms with Crippen molar-refractivity contribution in [3.05, 3.63) is 35.4 Å². The predicted molar refractivity (Wildman–Crippen MR) is 81.8 cm³/mol. The van der Waals surface area contributed by atoms with Crippen LogP contribution in [0, 0.1) is 11.8 Å². The summed E-state index contributed by atoms with van der Waals surface area (Å²) in [6.07, 6.45) is 3.87. The van der Waals surface area contributed by atoms with Gasteiger partial charge in [0.2, 0.25) is 0 Å². The molecule has 2 rings (SSSR count). The Balaban J connectivity index is 1.94. The second kappa shape index (κ2) is 6.75. The Labute approximate surface area is 121 Å². The molecule has 3 atom stereocenters. The Bertz CT molecular complexity index is 473. The van der Waals surface area contributed by atoms with Crippen LogP contribution in [0.2, 0.25) is 0 Å². The van der Waals surface area contributed by atoms with Crippen molar-refractivity contribution in [2.45, 2.75) is 45.7 Å². The van der Waals surface area contributed by atoms with E-state index in [9.17, 15) is 0 Å². The molecule has 1 aliphatic carbocycles. The van der Waals surface area contributed by atoms with Gasteiger partial charge >= 0.3 is 0 Å². The van der Waals surface area contributed by atoms with E-state index in [4.69, 9.17) is 10.9 Å². The van der Waals surface area contributed by atoms with Crippen molar-refractivity contribution in [1.29, 1.82) is 0 Å². The van der Waals surface area contributed by atoms with Gasteiger partial charge < -0.3 is 16.3 Å². The maximum absolute atomic E-state index is 8.72. The third-order valence-corrected chi connectivity index (χ3v) is 4.33. The number of amidine groups is 1. The lowest BCUT2D eigenvalue weighted by Crippen LogP contribution is -2.38. The van der Waals surface area contributed by atoms with E-state index in [1.165, 1.54) is 24.8 Å². The van der Waals surface area contributed by atoms with Crippen molar-refractivity contribution >= 4 is 5.84 Å². The second-order valence-electron chi connectivity index (χ2n) is 6.07. The highest BCUT2D eigenvalue weighted by Crippen LogP contribution is 2.28. The first-order chi connectivity index (χ1) is 9.60. The Morgan fingerprint density at radius 2 is 2.20 bits per heavy atom. The van der Waals surface area contributed by atoms with Gasteiger partial charge in [-0.2, -0.15) is 0 Å². The van der Waals surface area contributed by atoms with Gasteiger partial charge in [-0.3, -0.25) is 0 Å². The molecule has 0 radical (unpaired) electrons. The number of nitrogens with one attached hydrogen (secondary N) is 1. The Kier molecular flexibility index (Phi) is 5.01. The third-order valence-electron chi connectivity index (χ3n) is 4.33. The first-order valence-corrected chi connectivity index (χ1v) is 7.40. The summed E-state index contributed by atoms with van der Waals surface area (Å²) in [6, 6.07) is 8.43. The van der Waals surface area contributed by atoms with Crippen molar-refractivity contribution in [1.82, 2.24) is 5.32 Å². The van der Waals surface area contributed by atoms with Crippen LogP contribution in [-0.4, -0.2) is 17.1 Å². The lowest BCUT2D eigenvalue weighted by atomic mass is 9.80. The Hall–Kier alpha value is -1.55. The summed E-state index contributed by atoms with van der Waals surface area (Å²) < 4.78 is 0. The van der Waals surface area contributed by atoms with Gasteiger partial charge in [0, 0.05) is 18.2 Å². The van der Waals surface area contributed by atoms with E-state index in [2.05, 4.69) is 30.4 Å². The Morgan fingerprint density at radius 3 is 2.90 bits per heavy atom. The average Bonchev–Trinajstić information content (AvgIpc) is 2.46. The number of benzene rings is 1. The van der Waals surface area contributed by atoms with Crippen LogP contribution in [-0.2, 0) is 6.54 Å². The maximum atomic E-state index is 8.72. The number of oxime groups is 1. The van der Waals surface area contributed by atoms with E-state index in [1.54, 1.807) is 0 Å². The fourth-order valence-electron chi connectivity index (χ4n) is 3.12. The molecule has 0 aromatic heterocycles. The topological polar surface area (TPSA) is 70.6 Å². The van der Waals surface area contributed by atoms with E-state index in [1.807, 2.05) is 18.2 Å². The molecule has 1 aromatic carbocycles. The molecule has 0 amide bonds. The zero-order valence-corrected chi connectivity index (χ0v) is 12.3. The number of hydrogen-bond acceptors (Lipinski definition) is 3. The molecular weight excluding hydrogens is 250 g/mol. The molecule has 1 aliphatic rings. The summed E-state index contributed by atoms with van der Waals surface area (Å²) in [5.41, 5.74) is 7.55. The molecule has 3 unspecified atom stereocenters. The van der Waals surface area contributed by atoms with Gasteiger partial charge in [0.1, 0.15) is 0 Å². The van der Waals surface area contributed by atoms with Crippen molar-refractivity contribution in [3.8, 4) is 0 Å². The molecule has 4 heteroatoms. The summed E-state index contributed by atoms with van der Waals surface area (Å²) in [5.74, 6) is 1.74. The average molecular weight is 275 g/mol. The highest BCUT2D eigenvalue weighted by molar-refractivity contribution is 5.97. The second-order valence-corrected chi connectivity index (χ2v) is 6.07. The van der Waals surface area contributed by atoms with Crippen molar-refractivity contribution < 1.29 is 5.21 Å². The van der Waals surface area contributed by atoms with Gasteiger partial charge in [0.25, 0.3) is 0 Å². The van der Waals surface area contributed by atoms with Crippen LogP contribution in [0.3, 0.4) is 0 Å². The van der Waals surface area contributed by atoms with Crippen LogP contribution in [0.15, 0.2) is 29.4 Å². The first-order valence-electron chi connectivity index (χ1n) is 7.40. The fourth-order valence-corrected chi connectivity index (χ4v) is 3.12. The van der Waals surface area contributed by atoms with E-state index < -0.39 is 0 Å². The number of nitrogens with two attached hydrogens (primary N) is 1. The molecule has 1 fully saturated rings. The van der Waals surface area contributed by atoms with Gasteiger partial charge in [0.15, 0.2) is 5.84 Å². The molecule has 1 aromatic rings. The molecule has 0 bridgehead atoms. The van der Waals surface area contributed by atoms with Crippen LogP contribution in [0.5, 0.6) is 0 Å². The van der Waals surface area contributed by atoms with Gasteiger partial charge in [-0.1, -0.05) is 37.2 Å². The summed E-state index contributed by atoms with van der Waals surface area (Å²) >= 11 is 0. The predicted octanol–water partition coefficient (Wildman–Crippen LogP) is 2.70. The van der Waals surface area contributed by atoms with Crippen LogP contribution in [0.4, 0.5) is 0 Å². The minimum Gasteiger partial charge on any atom is -0.409 e.